The van der Waals surface area contributed by atoms with Crippen LogP contribution in [-0.4, -0.2) is 25.5 Å². The van der Waals surface area contributed by atoms with Crippen molar-refractivity contribution in [1.29, 1.82) is 0 Å². The molecule has 4 aromatic rings. The van der Waals surface area contributed by atoms with E-state index >= 15 is 0 Å². The number of hydrogen-bond acceptors (Lipinski definition) is 5. The van der Waals surface area contributed by atoms with Crippen LogP contribution >= 0.6 is 0 Å². The lowest BCUT2D eigenvalue weighted by Gasteiger charge is -2.10. The second kappa shape index (κ2) is 7.86. The lowest BCUT2D eigenvalue weighted by molar-refractivity contribution is -0.142. The highest BCUT2D eigenvalue weighted by atomic mass is 19.4. The van der Waals surface area contributed by atoms with Crippen molar-refractivity contribution < 1.29 is 22.4 Å². The molecule has 31 heavy (non-hydrogen) atoms. The van der Waals surface area contributed by atoms with E-state index in [1.165, 1.54) is 18.4 Å². The van der Waals surface area contributed by atoms with Crippen LogP contribution in [0.15, 0.2) is 53.1 Å². The van der Waals surface area contributed by atoms with Gasteiger partial charge in [-0.3, -0.25) is 4.79 Å². The zero-order chi connectivity index (χ0) is 22.2. The lowest BCUT2D eigenvalue weighted by Crippen LogP contribution is -2.16. The van der Waals surface area contributed by atoms with Crippen LogP contribution < -0.4 is 5.32 Å². The summed E-state index contributed by atoms with van der Waals surface area (Å²) in [4.78, 5) is 20.5. The van der Waals surface area contributed by atoms with Gasteiger partial charge < -0.3 is 9.73 Å². The van der Waals surface area contributed by atoms with Crippen LogP contribution in [0.2, 0.25) is 0 Å². The van der Waals surface area contributed by atoms with Crippen LogP contribution in [0.5, 0.6) is 0 Å². The third kappa shape index (κ3) is 4.14. The van der Waals surface area contributed by atoms with Crippen molar-refractivity contribution in [2.24, 2.45) is 0 Å². The van der Waals surface area contributed by atoms with E-state index in [-0.39, 0.29) is 17.2 Å². The summed E-state index contributed by atoms with van der Waals surface area (Å²) in [7, 11) is 0. The van der Waals surface area contributed by atoms with Crippen LogP contribution in [0.1, 0.15) is 48.1 Å². The molecule has 0 aliphatic carbocycles. The van der Waals surface area contributed by atoms with Crippen molar-refractivity contribution >= 4 is 17.4 Å². The Bertz CT molecular complexity index is 1210. The third-order valence-corrected chi connectivity index (χ3v) is 4.93. The molecule has 0 radical (unpaired) electrons. The monoisotopic (exact) mass is 429 g/mol. The van der Waals surface area contributed by atoms with Gasteiger partial charge in [-0.25, -0.2) is 4.98 Å². The lowest BCUT2D eigenvalue weighted by atomic mass is 9.99. The van der Waals surface area contributed by atoms with Gasteiger partial charge in [-0.15, -0.1) is 5.10 Å². The van der Waals surface area contributed by atoms with Crippen molar-refractivity contribution in [2.45, 2.75) is 32.4 Å². The molecule has 0 aliphatic rings. The maximum Gasteiger partial charge on any atom is 0.433 e. The van der Waals surface area contributed by atoms with Gasteiger partial charge in [0.25, 0.3) is 11.7 Å². The minimum Gasteiger partial charge on any atom is -0.463 e. The number of aromatic nitrogens is 4. The van der Waals surface area contributed by atoms with E-state index in [9.17, 15) is 18.0 Å². The first-order chi connectivity index (χ1) is 14.8. The number of hydrogen-bond donors (Lipinski definition) is 1. The third-order valence-electron chi connectivity index (χ3n) is 4.93. The van der Waals surface area contributed by atoms with Crippen molar-refractivity contribution in [3.63, 3.8) is 0 Å². The number of furan rings is 1. The topological polar surface area (TPSA) is 85.3 Å². The fraction of sp³-hybridized carbons (Fsp3) is 0.238. The SMILES string of the molecule is CC[C@H](C)c1ccc(NC(=O)c2nc3nc(-c4ccco4)cc(C(F)(F)F)n3n2)cc1. The summed E-state index contributed by atoms with van der Waals surface area (Å²) >= 11 is 0. The number of carbonyl (C=O) groups excluding carboxylic acids is 1. The average Bonchev–Trinajstić information content (AvgIpc) is 3.42. The minimum absolute atomic E-state index is 0.0650. The smallest absolute Gasteiger partial charge is 0.433 e. The number of fused-ring (bicyclic) bond motifs is 1. The molecule has 7 nitrogen and oxygen atoms in total. The summed E-state index contributed by atoms with van der Waals surface area (Å²) in [5.74, 6) is -1.02. The Hall–Kier alpha value is -3.69. The van der Waals surface area contributed by atoms with E-state index in [2.05, 4.69) is 34.2 Å². The Kier molecular flexibility index (Phi) is 5.22. The van der Waals surface area contributed by atoms with Crippen molar-refractivity contribution in [3.05, 3.63) is 65.8 Å². The predicted molar refractivity (Wildman–Crippen MR) is 107 cm³/mol. The second-order valence-corrected chi connectivity index (χ2v) is 7.03. The second-order valence-electron chi connectivity index (χ2n) is 7.03. The molecule has 1 N–H and O–H groups in total. The highest BCUT2D eigenvalue weighted by Gasteiger charge is 2.36. The summed E-state index contributed by atoms with van der Waals surface area (Å²) in [6.07, 6.45) is -2.44. The van der Waals surface area contributed by atoms with Crippen LogP contribution in [0.25, 0.3) is 17.2 Å². The number of carbonyl (C=O) groups is 1. The maximum atomic E-state index is 13.6. The summed E-state index contributed by atoms with van der Waals surface area (Å²) in [6, 6.07) is 11.0. The predicted octanol–water partition coefficient (Wildman–Crippen LogP) is 5.17. The molecule has 0 saturated carbocycles. The molecule has 3 aromatic heterocycles. The zero-order valence-corrected chi connectivity index (χ0v) is 16.6. The zero-order valence-electron chi connectivity index (χ0n) is 16.6. The number of nitrogens with zero attached hydrogens (tertiary/aromatic N) is 4. The molecular weight excluding hydrogens is 411 g/mol. The number of amides is 1. The Morgan fingerprint density at radius 1 is 1.19 bits per heavy atom. The van der Waals surface area contributed by atoms with Gasteiger partial charge in [-0.2, -0.15) is 22.7 Å². The maximum absolute atomic E-state index is 13.6. The van der Waals surface area contributed by atoms with Gasteiger partial charge in [0.2, 0.25) is 5.82 Å². The van der Waals surface area contributed by atoms with Crippen LogP contribution in [-0.2, 0) is 6.18 Å². The molecule has 0 bridgehead atoms. The van der Waals surface area contributed by atoms with Crippen molar-refractivity contribution in [2.75, 3.05) is 5.32 Å². The molecule has 160 valence electrons. The standard InChI is InChI=1S/C21H18F3N5O2/c1-3-12(2)13-6-8-14(9-7-13)25-19(30)18-27-20-26-15(16-5-4-10-31-16)11-17(21(22,23)24)29(20)28-18/h4-12H,3H2,1-2H3,(H,25,30)/t12-/m0/s1. The molecule has 0 fully saturated rings. The molecule has 0 unspecified atom stereocenters. The molecule has 1 aromatic carbocycles. The van der Waals surface area contributed by atoms with Crippen molar-refractivity contribution in [3.8, 4) is 11.5 Å². The summed E-state index contributed by atoms with van der Waals surface area (Å²) < 4.78 is 46.4. The fourth-order valence-corrected chi connectivity index (χ4v) is 3.03. The highest BCUT2D eigenvalue weighted by molar-refractivity contribution is 6.01. The van der Waals surface area contributed by atoms with Crippen molar-refractivity contribution in [1.82, 2.24) is 19.6 Å². The van der Waals surface area contributed by atoms with E-state index < -0.39 is 23.6 Å². The Balaban J connectivity index is 1.67. The average molecular weight is 429 g/mol. The summed E-state index contributed by atoms with van der Waals surface area (Å²) in [5, 5.41) is 6.34. The van der Waals surface area contributed by atoms with Crippen LogP contribution in [0, 0.1) is 0 Å². The van der Waals surface area contributed by atoms with Crippen LogP contribution in [0.3, 0.4) is 0 Å². The number of alkyl halides is 3. The van der Waals surface area contributed by atoms with Crippen LogP contribution in [0.4, 0.5) is 18.9 Å². The number of anilines is 1. The highest BCUT2D eigenvalue weighted by Crippen LogP contribution is 2.32. The van der Waals surface area contributed by atoms with Gasteiger partial charge in [0.1, 0.15) is 5.69 Å². The summed E-state index contributed by atoms with van der Waals surface area (Å²) in [5.41, 5.74) is 0.421. The Labute approximate surface area is 174 Å². The van der Waals surface area contributed by atoms with E-state index in [1.807, 2.05) is 12.1 Å². The van der Waals surface area contributed by atoms with E-state index in [4.69, 9.17) is 4.42 Å². The minimum atomic E-state index is -4.74. The molecule has 1 atom stereocenters. The largest absolute Gasteiger partial charge is 0.463 e. The van der Waals surface area contributed by atoms with Gasteiger partial charge in [-0.05, 0) is 48.2 Å². The fourth-order valence-electron chi connectivity index (χ4n) is 3.03. The number of nitrogens with one attached hydrogen (secondary N) is 1. The molecule has 4 rings (SSSR count). The Morgan fingerprint density at radius 2 is 1.94 bits per heavy atom. The van der Waals surface area contributed by atoms with Gasteiger partial charge in [0, 0.05) is 5.69 Å². The van der Waals surface area contributed by atoms with Gasteiger partial charge in [0.15, 0.2) is 11.5 Å². The first kappa shape index (κ1) is 20.6. The van der Waals surface area contributed by atoms with Gasteiger partial charge >= 0.3 is 6.18 Å². The van der Waals surface area contributed by atoms with E-state index in [1.54, 1.807) is 12.1 Å². The summed E-state index contributed by atoms with van der Waals surface area (Å²) in [6.45, 7) is 4.17. The first-order valence-electron chi connectivity index (χ1n) is 9.56. The molecular formula is C21H18F3N5O2. The van der Waals surface area contributed by atoms with E-state index in [0.29, 0.717) is 16.1 Å². The quantitative estimate of drug-likeness (QED) is 0.473. The van der Waals surface area contributed by atoms with E-state index in [0.717, 1.165) is 18.1 Å². The first-order valence-corrected chi connectivity index (χ1v) is 9.56. The molecule has 0 aliphatic heterocycles. The van der Waals surface area contributed by atoms with Gasteiger partial charge in [0.05, 0.1) is 6.26 Å². The molecule has 0 saturated heterocycles. The normalized spacial score (nSPS) is 12.8. The number of halogens is 3. The Morgan fingerprint density at radius 3 is 2.55 bits per heavy atom. The number of benzene rings is 1. The number of rotatable bonds is 5. The molecule has 1 amide bonds. The molecule has 10 heteroatoms. The molecule has 3 heterocycles. The van der Waals surface area contributed by atoms with Gasteiger partial charge in [-0.1, -0.05) is 26.0 Å². The molecule has 0 spiro atoms.